The van der Waals surface area contributed by atoms with Gasteiger partial charge in [-0.15, -0.1) is 11.3 Å². The molecule has 1 aliphatic heterocycles. The Labute approximate surface area is 166 Å². The fourth-order valence-corrected chi connectivity index (χ4v) is 3.84. The number of Topliss-reactive ketones (excluding diaryl/α,β-unsaturated/α-hetero) is 1. The van der Waals surface area contributed by atoms with Gasteiger partial charge < -0.3 is 14.7 Å². The molecule has 0 spiro atoms. The normalized spacial score (nSPS) is 17.3. The van der Waals surface area contributed by atoms with E-state index < -0.39 is 17.7 Å². The number of nitrogens with zero attached hydrogens (tertiary/aromatic N) is 1. The van der Waals surface area contributed by atoms with Crippen LogP contribution >= 0.6 is 22.9 Å². The molecule has 1 amide bonds. The molecule has 1 aromatic heterocycles. The van der Waals surface area contributed by atoms with Crippen LogP contribution in [-0.4, -0.2) is 41.0 Å². The molecule has 0 bridgehead atoms. The lowest BCUT2D eigenvalue weighted by atomic mass is 9.95. The van der Waals surface area contributed by atoms with E-state index in [0.29, 0.717) is 22.1 Å². The molecule has 2 aromatic rings. The lowest BCUT2D eigenvalue weighted by Gasteiger charge is -2.27. The van der Waals surface area contributed by atoms with E-state index >= 15 is 0 Å². The van der Waals surface area contributed by atoms with E-state index in [-0.39, 0.29) is 24.0 Å². The molecule has 3 rings (SSSR count). The maximum Gasteiger partial charge on any atom is 0.290 e. The van der Waals surface area contributed by atoms with Crippen molar-refractivity contribution in [2.75, 3.05) is 13.2 Å². The van der Waals surface area contributed by atoms with Crippen molar-refractivity contribution in [3.63, 3.8) is 0 Å². The fourth-order valence-electron chi connectivity index (χ4n) is 3.04. The van der Waals surface area contributed by atoms with E-state index in [0.717, 1.165) is 0 Å². The molecule has 0 radical (unpaired) electrons. The second kappa shape index (κ2) is 8.25. The van der Waals surface area contributed by atoms with Crippen molar-refractivity contribution in [1.82, 2.24) is 4.90 Å². The summed E-state index contributed by atoms with van der Waals surface area (Å²) in [7, 11) is 0. The summed E-state index contributed by atoms with van der Waals surface area (Å²) in [6.45, 7) is 4.38. The molecule has 1 aromatic carbocycles. The van der Waals surface area contributed by atoms with Crippen LogP contribution in [0.2, 0.25) is 5.02 Å². The van der Waals surface area contributed by atoms with Crippen LogP contribution in [0.4, 0.5) is 0 Å². The predicted molar refractivity (Wildman–Crippen MR) is 105 cm³/mol. The first-order valence-electron chi connectivity index (χ1n) is 8.59. The lowest BCUT2D eigenvalue weighted by molar-refractivity contribution is -0.130. The molecule has 142 valence electrons. The van der Waals surface area contributed by atoms with Crippen molar-refractivity contribution in [3.8, 4) is 0 Å². The molecule has 0 saturated carbocycles. The quantitative estimate of drug-likeness (QED) is 0.693. The van der Waals surface area contributed by atoms with Crippen molar-refractivity contribution in [2.24, 2.45) is 0 Å². The van der Waals surface area contributed by atoms with Crippen molar-refractivity contribution in [2.45, 2.75) is 26.0 Å². The van der Waals surface area contributed by atoms with E-state index in [9.17, 15) is 14.7 Å². The monoisotopic (exact) mass is 405 g/mol. The second-order valence-electron chi connectivity index (χ2n) is 6.44. The first-order valence-corrected chi connectivity index (χ1v) is 9.85. The molecule has 0 aliphatic carbocycles. The van der Waals surface area contributed by atoms with Gasteiger partial charge in [0.25, 0.3) is 5.91 Å². The topological polar surface area (TPSA) is 66.8 Å². The fraction of sp³-hybridized carbons (Fsp3) is 0.300. The number of rotatable bonds is 7. The second-order valence-corrected chi connectivity index (χ2v) is 7.83. The predicted octanol–water partition coefficient (Wildman–Crippen LogP) is 4.40. The minimum Gasteiger partial charge on any atom is -0.503 e. The van der Waals surface area contributed by atoms with Crippen molar-refractivity contribution in [1.29, 1.82) is 0 Å². The van der Waals surface area contributed by atoms with Crippen LogP contribution in [0, 0.1) is 0 Å². The molecule has 0 fully saturated rings. The number of carbonyl (C=O) groups is 2. The van der Waals surface area contributed by atoms with Crippen molar-refractivity contribution in [3.05, 3.63) is 68.6 Å². The Kier molecular flexibility index (Phi) is 5.99. The number of thiophene rings is 1. The first kappa shape index (κ1) is 19.6. The van der Waals surface area contributed by atoms with Gasteiger partial charge in [-0.1, -0.05) is 29.8 Å². The SMILES string of the molecule is CC(C)OCCN1C(=O)C(O)=C(C(=O)c2cccs2)C1c1ccc(Cl)cc1. The highest BCUT2D eigenvalue weighted by molar-refractivity contribution is 7.12. The van der Waals surface area contributed by atoms with E-state index in [1.165, 1.54) is 16.2 Å². The van der Waals surface area contributed by atoms with E-state index in [1.807, 2.05) is 13.8 Å². The number of ether oxygens (including phenoxy) is 1. The molecule has 1 atom stereocenters. The van der Waals surface area contributed by atoms with Gasteiger partial charge in [-0.25, -0.2) is 0 Å². The summed E-state index contributed by atoms with van der Waals surface area (Å²) in [5.41, 5.74) is 0.801. The Hall–Kier alpha value is -2.15. The first-order chi connectivity index (χ1) is 12.9. The van der Waals surface area contributed by atoms with E-state index in [2.05, 4.69) is 0 Å². The maximum atomic E-state index is 13.0. The average molecular weight is 406 g/mol. The van der Waals surface area contributed by atoms with Gasteiger partial charge in [0, 0.05) is 11.6 Å². The highest BCUT2D eigenvalue weighted by Crippen LogP contribution is 2.39. The summed E-state index contributed by atoms with van der Waals surface area (Å²) in [6, 6.07) is 9.69. The zero-order valence-corrected chi connectivity index (χ0v) is 16.6. The van der Waals surface area contributed by atoms with Crippen molar-refractivity contribution >= 4 is 34.6 Å². The van der Waals surface area contributed by atoms with Crippen LogP contribution in [0.5, 0.6) is 0 Å². The molecule has 0 saturated heterocycles. The third-order valence-electron chi connectivity index (χ3n) is 4.26. The van der Waals surface area contributed by atoms with Gasteiger partial charge in [0.15, 0.2) is 5.76 Å². The minimum atomic E-state index is -0.680. The zero-order chi connectivity index (χ0) is 19.6. The number of aliphatic hydroxyl groups excluding tert-OH is 1. The van der Waals surface area contributed by atoms with Crippen LogP contribution in [0.3, 0.4) is 0 Å². The summed E-state index contributed by atoms with van der Waals surface area (Å²) < 4.78 is 5.56. The van der Waals surface area contributed by atoms with Crippen LogP contribution in [0.25, 0.3) is 0 Å². The molecular formula is C20H20ClNO4S. The summed E-state index contributed by atoms with van der Waals surface area (Å²) >= 11 is 7.26. The molecule has 5 nitrogen and oxygen atoms in total. The van der Waals surface area contributed by atoms with Gasteiger partial charge in [-0.05, 0) is 43.0 Å². The third-order valence-corrected chi connectivity index (χ3v) is 5.38. The summed E-state index contributed by atoms with van der Waals surface area (Å²) in [6.07, 6.45) is 0.0189. The number of aliphatic hydroxyl groups is 1. The van der Waals surface area contributed by atoms with Gasteiger partial charge >= 0.3 is 0 Å². The smallest absolute Gasteiger partial charge is 0.290 e. The number of carbonyl (C=O) groups excluding carboxylic acids is 2. The molecule has 27 heavy (non-hydrogen) atoms. The molecule has 2 heterocycles. The number of halogens is 1. The van der Waals surface area contributed by atoms with E-state index in [4.69, 9.17) is 16.3 Å². The highest BCUT2D eigenvalue weighted by atomic mass is 35.5. The Balaban J connectivity index is 1.99. The summed E-state index contributed by atoms with van der Waals surface area (Å²) in [4.78, 5) is 27.7. The number of ketones is 1. The largest absolute Gasteiger partial charge is 0.503 e. The number of amides is 1. The van der Waals surface area contributed by atoms with Gasteiger partial charge in [0.2, 0.25) is 5.78 Å². The third kappa shape index (κ3) is 4.08. The van der Waals surface area contributed by atoms with Gasteiger partial charge in [0.1, 0.15) is 0 Å². The number of hydrogen-bond acceptors (Lipinski definition) is 5. The van der Waals surface area contributed by atoms with Gasteiger partial charge in [-0.2, -0.15) is 0 Å². The summed E-state index contributed by atoms with van der Waals surface area (Å²) in [5.74, 6) is -1.41. The van der Waals surface area contributed by atoms with Gasteiger partial charge in [0.05, 0.1) is 29.2 Å². The Morgan fingerprint density at radius 1 is 1.30 bits per heavy atom. The lowest BCUT2D eigenvalue weighted by Crippen LogP contribution is -2.34. The van der Waals surface area contributed by atoms with Gasteiger partial charge in [-0.3, -0.25) is 9.59 Å². The number of benzene rings is 1. The Bertz CT molecular complexity index is 859. The zero-order valence-electron chi connectivity index (χ0n) is 15.0. The molecule has 1 aliphatic rings. The van der Waals surface area contributed by atoms with Crippen molar-refractivity contribution < 1.29 is 19.4 Å². The Morgan fingerprint density at radius 2 is 2.00 bits per heavy atom. The molecule has 7 heteroatoms. The summed E-state index contributed by atoms with van der Waals surface area (Å²) in [5, 5.41) is 12.8. The minimum absolute atomic E-state index is 0.0189. The van der Waals surface area contributed by atoms with E-state index in [1.54, 1.807) is 41.8 Å². The van der Waals surface area contributed by atoms with Crippen LogP contribution < -0.4 is 0 Å². The molecule has 1 N–H and O–H groups in total. The molecular weight excluding hydrogens is 386 g/mol. The highest BCUT2D eigenvalue weighted by Gasteiger charge is 2.43. The molecule has 1 unspecified atom stereocenters. The van der Waals surface area contributed by atoms with Crippen LogP contribution in [-0.2, 0) is 9.53 Å². The van der Waals surface area contributed by atoms with Crippen LogP contribution in [0.1, 0.15) is 35.1 Å². The van der Waals surface area contributed by atoms with Crippen LogP contribution in [0.15, 0.2) is 53.1 Å². The number of hydrogen-bond donors (Lipinski definition) is 1. The Morgan fingerprint density at radius 3 is 2.59 bits per heavy atom. The standard InChI is InChI=1S/C20H20ClNO4S/c1-12(2)26-10-9-22-17(13-5-7-14(21)8-6-13)16(19(24)20(22)25)18(23)15-4-3-11-27-15/h3-8,11-12,17,24H,9-10H2,1-2H3. The average Bonchev–Trinajstić information content (AvgIpc) is 3.25. The maximum absolute atomic E-state index is 13.0.